The molecule has 1 amide bonds. The van der Waals surface area contributed by atoms with Gasteiger partial charge in [-0.15, -0.1) is 0 Å². The van der Waals surface area contributed by atoms with Gasteiger partial charge in [0.2, 0.25) is 5.91 Å². The molecular weight excluding hydrogens is 300 g/mol. The number of carbonyl (C=O) groups is 1. The molecule has 2 fully saturated rings. The average Bonchev–Trinajstić information content (AvgIpc) is 3.35. The van der Waals surface area contributed by atoms with Gasteiger partial charge < -0.3 is 11.1 Å². The third kappa shape index (κ3) is 3.57. The summed E-state index contributed by atoms with van der Waals surface area (Å²) in [6.07, 6.45) is 5.55. The number of halogens is 2. The van der Waals surface area contributed by atoms with E-state index in [-0.39, 0.29) is 23.6 Å². The van der Waals surface area contributed by atoms with Crippen LogP contribution >= 0.6 is 0 Å². The highest BCUT2D eigenvalue weighted by atomic mass is 19.1. The summed E-state index contributed by atoms with van der Waals surface area (Å²) in [6.45, 7) is 0. The van der Waals surface area contributed by atoms with Crippen molar-refractivity contribution in [1.29, 1.82) is 0 Å². The number of amides is 1. The Balaban J connectivity index is 1.82. The van der Waals surface area contributed by atoms with Crippen LogP contribution < -0.4 is 11.1 Å². The predicted octanol–water partition coefficient (Wildman–Crippen LogP) is 2.96. The van der Waals surface area contributed by atoms with E-state index in [1.54, 1.807) is 0 Å². The van der Waals surface area contributed by atoms with Gasteiger partial charge >= 0.3 is 0 Å². The van der Waals surface area contributed by atoms with E-state index in [1.807, 2.05) is 0 Å². The number of nitrogens with one attached hydrogen (secondary N) is 1. The Kier molecular flexibility index (Phi) is 4.41. The molecule has 1 atom stereocenters. The molecule has 3 rings (SSSR count). The quantitative estimate of drug-likeness (QED) is 0.899. The van der Waals surface area contributed by atoms with Crippen LogP contribution in [0.1, 0.15) is 32.1 Å². The van der Waals surface area contributed by atoms with Crippen LogP contribution in [0.5, 0.6) is 0 Å². The van der Waals surface area contributed by atoms with Crippen LogP contribution in [0, 0.1) is 17.6 Å². The van der Waals surface area contributed by atoms with Crippen LogP contribution in [0.25, 0.3) is 0 Å². The number of rotatable bonds is 3. The highest BCUT2D eigenvalue weighted by molar-refractivity contribution is 6.03. The summed E-state index contributed by atoms with van der Waals surface area (Å²) in [4.78, 5) is 16.3. The monoisotopic (exact) mass is 319 g/mol. The minimum atomic E-state index is -0.710. The van der Waals surface area contributed by atoms with Crippen molar-refractivity contribution in [3.05, 3.63) is 41.6 Å². The van der Waals surface area contributed by atoms with Crippen LogP contribution in [0.2, 0.25) is 0 Å². The van der Waals surface area contributed by atoms with Gasteiger partial charge in [-0.2, -0.15) is 0 Å². The Labute approximate surface area is 133 Å². The first-order valence-corrected chi connectivity index (χ1v) is 7.83. The number of carbonyl (C=O) groups excluding carboxylic acids is 1. The molecule has 4 nitrogen and oxygen atoms in total. The van der Waals surface area contributed by atoms with E-state index >= 15 is 0 Å². The molecule has 1 aromatic carbocycles. The number of aliphatic imine (C=N–C) groups is 1. The van der Waals surface area contributed by atoms with Gasteiger partial charge in [0.1, 0.15) is 5.82 Å². The minimum Gasteiger partial charge on any atom is -0.404 e. The average molecular weight is 319 g/mol. The fraction of sp³-hybridized carbons (Fsp3) is 0.412. The van der Waals surface area contributed by atoms with Crippen molar-refractivity contribution in [1.82, 2.24) is 5.32 Å². The Bertz CT molecular complexity index is 680. The molecule has 0 heterocycles. The zero-order valence-corrected chi connectivity index (χ0v) is 12.7. The highest BCUT2D eigenvalue weighted by Crippen LogP contribution is 2.31. The largest absolute Gasteiger partial charge is 0.404 e. The van der Waals surface area contributed by atoms with Crippen molar-refractivity contribution in [2.24, 2.45) is 16.6 Å². The van der Waals surface area contributed by atoms with Crippen molar-refractivity contribution in [2.75, 3.05) is 0 Å². The van der Waals surface area contributed by atoms with Crippen molar-refractivity contribution in [2.45, 2.75) is 38.1 Å². The standard InChI is InChI=1S/C17H19F2N3O/c18-11-6-7-16(13(19)8-11)21-14-2-1-3-15(12(14)9-20)22-17(23)10-4-5-10/h6-10,15H,1-5,20H2,(H,22,23)/b12-9+,21-14?. The fourth-order valence-electron chi connectivity index (χ4n) is 2.81. The van der Waals surface area contributed by atoms with E-state index in [0.717, 1.165) is 31.7 Å². The summed E-state index contributed by atoms with van der Waals surface area (Å²) in [5, 5.41) is 3.00. The molecule has 3 N–H and O–H groups in total. The summed E-state index contributed by atoms with van der Waals surface area (Å²) >= 11 is 0. The Morgan fingerprint density at radius 1 is 1.30 bits per heavy atom. The van der Waals surface area contributed by atoms with E-state index in [0.29, 0.717) is 17.7 Å². The van der Waals surface area contributed by atoms with Gasteiger partial charge in [-0.05, 0) is 44.2 Å². The maximum atomic E-state index is 13.8. The Hall–Kier alpha value is -2.24. The predicted molar refractivity (Wildman–Crippen MR) is 84.2 cm³/mol. The number of benzene rings is 1. The van der Waals surface area contributed by atoms with Crippen molar-refractivity contribution in [3.63, 3.8) is 0 Å². The molecule has 0 bridgehead atoms. The van der Waals surface area contributed by atoms with Crippen LogP contribution in [0.3, 0.4) is 0 Å². The Morgan fingerprint density at radius 2 is 2.09 bits per heavy atom. The van der Waals surface area contributed by atoms with E-state index in [9.17, 15) is 13.6 Å². The Morgan fingerprint density at radius 3 is 2.74 bits per heavy atom. The lowest BCUT2D eigenvalue weighted by Gasteiger charge is -2.27. The van der Waals surface area contributed by atoms with Crippen LogP contribution in [-0.2, 0) is 4.79 Å². The second-order valence-electron chi connectivity index (χ2n) is 6.00. The second-order valence-corrected chi connectivity index (χ2v) is 6.00. The van der Waals surface area contributed by atoms with Crippen LogP contribution in [-0.4, -0.2) is 17.7 Å². The van der Waals surface area contributed by atoms with E-state index < -0.39 is 11.6 Å². The number of nitrogens with zero attached hydrogens (tertiary/aromatic N) is 1. The molecular formula is C17H19F2N3O. The summed E-state index contributed by atoms with van der Waals surface area (Å²) in [7, 11) is 0. The normalized spacial score (nSPS) is 24.9. The lowest BCUT2D eigenvalue weighted by molar-refractivity contribution is -0.122. The van der Waals surface area contributed by atoms with Gasteiger partial charge in [0, 0.05) is 29.5 Å². The zero-order valence-electron chi connectivity index (χ0n) is 12.7. The lowest BCUT2D eigenvalue weighted by Crippen LogP contribution is -2.41. The lowest BCUT2D eigenvalue weighted by atomic mass is 9.88. The minimum absolute atomic E-state index is 0.0450. The summed E-state index contributed by atoms with van der Waals surface area (Å²) in [5.74, 6) is -1.19. The van der Waals surface area contributed by atoms with Gasteiger partial charge in [0.05, 0.1) is 11.7 Å². The third-order valence-corrected chi connectivity index (χ3v) is 4.22. The summed E-state index contributed by atoms with van der Waals surface area (Å²) in [5.41, 5.74) is 7.16. The van der Waals surface area contributed by atoms with Gasteiger partial charge in [-0.1, -0.05) is 0 Å². The molecule has 122 valence electrons. The van der Waals surface area contributed by atoms with Crippen LogP contribution in [0.4, 0.5) is 14.5 Å². The molecule has 23 heavy (non-hydrogen) atoms. The molecule has 0 radical (unpaired) electrons. The molecule has 1 unspecified atom stereocenters. The fourth-order valence-corrected chi connectivity index (χ4v) is 2.81. The molecule has 6 heteroatoms. The third-order valence-electron chi connectivity index (χ3n) is 4.22. The first kappa shape index (κ1) is 15.6. The number of hydrogen-bond donors (Lipinski definition) is 2. The highest BCUT2D eigenvalue weighted by Gasteiger charge is 2.33. The number of nitrogens with two attached hydrogens (primary N) is 1. The first-order chi connectivity index (χ1) is 11.1. The zero-order chi connectivity index (χ0) is 16.4. The maximum Gasteiger partial charge on any atom is 0.223 e. The van der Waals surface area contributed by atoms with E-state index in [1.165, 1.54) is 18.3 Å². The van der Waals surface area contributed by atoms with Gasteiger partial charge in [-0.3, -0.25) is 4.79 Å². The topological polar surface area (TPSA) is 67.5 Å². The first-order valence-electron chi connectivity index (χ1n) is 7.83. The van der Waals surface area contributed by atoms with Gasteiger partial charge in [0.15, 0.2) is 5.82 Å². The molecule has 0 aromatic heterocycles. The van der Waals surface area contributed by atoms with E-state index in [2.05, 4.69) is 10.3 Å². The molecule has 2 aliphatic rings. The van der Waals surface area contributed by atoms with Crippen molar-refractivity contribution in [3.8, 4) is 0 Å². The molecule has 0 spiro atoms. The van der Waals surface area contributed by atoms with Gasteiger partial charge in [-0.25, -0.2) is 13.8 Å². The molecule has 2 aliphatic carbocycles. The smallest absolute Gasteiger partial charge is 0.223 e. The maximum absolute atomic E-state index is 13.8. The van der Waals surface area contributed by atoms with E-state index in [4.69, 9.17) is 5.73 Å². The molecule has 2 saturated carbocycles. The van der Waals surface area contributed by atoms with Gasteiger partial charge in [0.25, 0.3) is 0 Å². The van der Waals surface area contributed by atoms with Crippen LogP contribution in [0.15, 0.2) is 35.0 Å². The van der Waals surface area contributed by atoms with Crippen molar-refractivity contribution < 1.29 is 13.6 Å². The molecule has 1 aromatic rings. The second kappa shape index (κ2) is 6.48. The summed E-state index contributed by atoms with van der Waals surface area (Å²) < 4.78 is 26.8. The SMILES string of the molecule is N/C=C1\C(=Nc2ccc(F)cc2F)CCCC1NC(=O)C1CC1. The molecule has 0 aliphatic heterocycles. The summed E-state index contributed by atoms with van der Waals surface area (Å²) in [6, 6.07) is 3.09. The molecule has 0 saturated heterocycles. The van der Waals surface area contributed by atoms with Crippen molar-refractivity contribution >= 4 is 17.3 Å². The number of hydrogen-bond acceptors (Lipinski definition) is 3.